The van der Waals surface area contributed by atoms with Crippen molar-refractivity contribution in [3.05, 3.63) is 101 Å². The van der Waals surface area contributed by atoms with Crippen molar-refractivity contribution < 1.29 is 18.3 Å². The molecule has 0 aliphatic rings. The van der Waals surface area contributed by atoms with E-state index in [0.717, 1.165) is 5.56 Å². The van der Waals surface area contributed by atoms with Crippen molar-refractivity contribution in [2.24, 2.45) is 0 Å². The maximum atomic E-state index is 14.0. The molecule has 1 N–H and O–H groups in total. The number of rotatable bonds is 6. The van der Waals surface area contributed by atoms with E-state index in [4.69, 9.17) is 4.74 Å². The van der Waals surface area contributed by atoms with Gasteiger partial charge in [0.15, 0.2) is 0 Å². The van der Waals surface area contributed by atoms with Crippen molar-refractivity contribution in [2.75, 3.05) is 12.4 Å². The average molecular weight is 474 g/mol. The van der Waals surface area contributed by atoms with Crippen LogP contribution in [0.4, 0.5) is 14.5 Å². The normalized spacial score (nSPS) is 11.2. The van der Waals surface area contributed by atoms with Crippen LogP contribution in [0.15, 0.2) is 77.9 Å². The highest BCUT2D eigenvalue weighted by Crippen LogP contribution is 2.26. The summed E-state index contributed by atoms with van der Waals surface area (Å²) >= 11 is 0. The summed E-state index contributed by atoms with van der Waals surface area (Å²) in [6.45, 7) is -0.0491. The minimum Gasteiger partial charge on any atom is -0.497 e. The fourth-order valence-corrected chi connectivity index (χ4v) is 4.07. The monoisotopic (exact) mass is 474 g/mol. The smallest absolute Gasteiger partial charge is 0.278 e. The summed E-state index contributed by atoms with van der Waals surface area (Å²) in [6.07, 6.45) is 1.41. The molecular formula is C26H20F2N4O3. The Kier molecular flexibility index (Phi) is 5.74. The topological polar surface area (TPSA) is 78.2 Å². The van der Waals surface area contributed by atoms with Gasteiger partial charge in [0.2, 0.25) is 5.91 Å². The second-order valence-corrected chi connectivity index (χ2v) is 8.00. The molecular weight excluding hydrogens is 454 g/mol. The van der Waals surface area contributed by atoms with Crippen molar-refractivity contribution in [1.29, 1.82) is 0 Å². The van der Waals surface area contributed by atoms with Crippen LogP contribution >= 0.6 is 0 Å². The van der Waals surface area contributed by atoms with Crippen LogP contribution < -0.4 is 15.6 Å². The van der Waals surface area contributed by atoms with E-state index in [2.05, 4.69) is 10.3 Å². The first-order valence-corrected chi connectivity index (χ1v) is 10.8. The minimum atomic E-state index is -0.575. The van der Waals surface area contributed by atoms with Gasteiger partial charge in [-0.05, 0) is 48.0 Å². The zero-order valence-electron chi connectivity index (χ0n) is 18.7. The number of ether oxygens (including phenoxy) is 1. The Morgan fingerprint density at radius 3 is 2.57 bits per heavy atom. The number of para-hydroxylation sites is 1. The number of anilines is 1. The molecule has 0 aliphatic heterocycles. The molecule has 9 heteroatoms. The van der Waals surface area contributed by atoms with Crippen LogP contribution in [0.3, 0.4) is 0 Å². The highest BCUT2D eigenvalue weighted by molar-refractivity contribution is 6.06. The largest absolute Gasteiger partial charge is 0.497 e. The molecule has 176 valence electrons. The average Bonchev–Trinajstić information content (AvgIpc) is 3.15. The number of nitrogens with one attached hydrogen (secondary N) is 1. The summed E-state index contributed by atoms with van der Waals surface area (Å²) in [4.78, 5) is 30.8. The summed E-state index contributed by atoms with van der Waals surface area (Å²) < 4.78 is 36.1. The second-order valence-electron chi connectivity index (χ2n) is 8.00. The Hall–Kier alpha value is -4.53. The molecule has 0 saturated carbocycles. The lowest BCUT2D eigenvalue weighted by Gasteiger charge is -2.10. The first kappa shape index (κ1) is 22.3. The number of methoxy groups -OCH3 is 1. The zero-order chi connectivity index (χ0) is 24.5. The Labute approximate surface area is 198 Å². The number of halogens is 2. The molecule has 0 aliphatic carbocycles. The molecule has 0 spiro atoms. The number of benzene rings is 3. The van der Waals surface area contributed by atoms with Crippen molar-refractivity contribution in [3.63, 3.8) is 0 Å². The number of amides is 1. The second kappa shape index (κ2) is 9.02. The van der Waals surface area contributed by atoms with Crippen LogP contribution in [-0.2, 0) is 17.9 Å². The van der Waals surface area contributed by atoms with E-state index in [9.17, 15) is 18.4 Å². The Balaban J connectivity index is 1.59. The van der Waals surface area contributed by atoms with Crippen LogP contribution in [0.1, 0.15) is 5.56 Å². The number of fused-ring (bicyclic) bond motifs is 3. The van der Waals surface area contributed by atoms with Gasteiger partial charge >= 0.3 is 0 Å². The van der Waals surface area contributed by atoms with Crippen LogP contribution in [-0.4, -0.2) is 27.1 Å². The van der Waals surface area contributed by atoms with Gasteiger partial charge in [0.25, 0.3) is 5.56 Å². The van der Waals surface area contributed by atoms with E-state index >= 15 is 0 Å². The molecule has 5 rings (SSSR count). The number of aromatic nitrogens is 3. The number of hydrogen-bond donors (Lipinski definition) is 1. The van der Waals surface area contributed by atoms with E-state index in [-0.39, 0.29) is 35.4 Å². The minimum absolute atomic E-state index is 0.0272. The predicted octanol–water partition coefficient (Wildman–Crippen LogP) is 4.33. The summed E-state index contributed by atoms with van der Waals surface area (Å²) in [7, 11) is 1.57. The zero-order valence-corrected chi connectivity index (χ0v) is 18.7. The molecule has 5 aromatic rings. The third-order valence-corrected chi connectivity index (χ3v) is 5.75. The molecule has 0 saturated heterocycles. The van der Waals surface area contributed by atoms with Gasteiger partial charge in [0.05, 0.1) is 31.2 Å². The number of nitrogens with zero attached hydrogens (tertiary/aromatic N) is 3. The summed E-state index contributed by atoms with van der Waals surface area (Å²) in [5.74, 6) is -0.911. The van der Waals surface area contributed by atoms with Gasteiger partial charge < -0.3 is 14.6 Å². The lowest BCUT2D eigenvalue weighted by molar-refractivity contribution is -0.116. The lowest BCUT2D eigenvalue weighted by Crippen LogP contribution is -2.25. The first-order chi connectivity index (χ1) is 16.9. The molecule has 0 radical (unpaired) electrons. The quantitative estimate of drug-likeness (QED) is 0.398. The molecule has 2 aromatic heterocycles. The molecule has 3 aromatic carbocycles. The number of hydrogen-bond acceptors (Lipinski definition) is 4. The Bertz CT molecular complexity index is 1620. The molecule has 0 fully saturated rings. The third-order valence-electron chi connectivity index (χ3n) is 5.75. The molecule has 1 amide bonds. The third kappa shape index (κ3) is 4.23. The van der Waals surface area contributed by atoms with Gasteiger partial charge in [0.1, 0.15) is 35.0 Å². The van der Waals surface area contributed by atoms with Gasteiger partial charge in [-0.1, -0.05) is 24.3 Å². The van der Waals surface area contributed by atoms with E-state index in [0.29, 0.717) is 16.7 Å². The van der Waals surface area contributed by atoms with Crippen molar-refractivity contribution >= 4 is 33.5 Å². The molecule has 2 heterocycles. The van der Waals surface area contributed by atoms with Gasteiger partial charge in [-0.2, -0.15) is 0 Å². The molecule has 0 atom stereocenters. The van der Waals surface area contributed by atoms with E-state index in [1.54, 1.807) is 25.3 Å². The Morgan fingerprint density at radius 2 is 1.83 bits per heavy atom. The molecule has 0 bridgehead atoms. The van der Waals surface area contributed by atoms with Crippen molar-refractivity contribution in [1.82, 2.24) is 14.1 Å². The summed E-state index contributed by atoms with van der Waals surface area (Å²) in [6, 6.07) is 17.1. The van der Waals surface area contributed by atoms with Crippen molar-refractivity contribution in [3.8, 4) is 5.75 Å². The molecule has 35 heavy (non-hydrogen) atoms. The van der Waals surface area contributed by atoms with Gasteiger partial charge in [0, 0.05) is 5.39 Å². The van der Waals surface area contributed by atoms with Gasteiger partial charge in [-0.3, -0.25) is 14.2 Å². The maximum absolute atomic E-state index is 14.0. The predicted molar refractivity (Wildman–Crippen MR) is 129 cm³/mol. The lowest BCUT2D eigenvalue weighted by atomic mass is 10.2. The Morgan fingerprint density at radius 1 is 1.06 bits per heavy atom. The number of carbonyl (C=O) groups is 1. The SMILES string of the molecule is COc1ccc(Cn2cnc3c4cc(F)ccc4n(CC(=O)Nc4ccccc4F)c3c2=O)cc1. The van der Waals surface area contributed by atoms with Crippen LogP contribution in [0.5, 0.6) is 5.75 Å². The van der Waals surface area contributed by atoms with Gasteiger partial charge in [-0.25, -0.2) is 13.8 Å². The van der Waals surface area contributed by atoms with E-state index in [1.165, 1.54) is 51.9 Å². The number of carbonyl (C=O) groups excluding carboxylic acids is 1. The van der Waals surface area contributed by atoms with Crippen LogP contribution in [0.25, 0.3) is 21.9 Å². The van der Waals surface area contributed by atoms with Crippen molar-refractivity contribution in [2.45, 2.75) is 13.1 Å². The highest BCUT2D eigenvalue weighted by Gasteiger charge is 2.19. The summed E-state index contributed by atoms with van der Waals surface area (Å²) in [5, 5.41) is 2.93. The fourth-order valence-electron chi connectivity index (χ4n) is 4.07. The standard InChI is InChI=1S/C26H20F2N4O3/c1-35-18-9-6-16(7-10-18)13-31-15-29-24-19-12-17(27)8-11-22(19)32(25(24)26(31)34)14-23(33)30-21-5-3-2-4-20(21)28/h2-12,15H,13-14H2,1H3,(H,30,33). The fraction of sp³-hybridized carbons (Fsp3) is 0.115. The molecule has 0 unspecified atom stereocenters. The van der Waals surface area contributed by atoms with Crippen LogP contribution in [0, 0.1) is 11.6 Å². The van der Waals surface area contributed by atoms with E-state index in [1.807, 2.05) is 12.1 Å². The maximum Gasteiger partial charge on any atom is 0.278 e. The highest BCUT2D eigenvalue weighted by atomic mass is 19.1. The van der Waals surface area contributed by atoms with E-state index < -0.39 is 17.5 Å². The van der Waals surface area contributed by atoms with Crippen LogP contribution in [0.2, 0.25) is 0 Å². The first-order valence-electron chi connectivity index (χ1n) is 10.8. The summed E-state index contributed by atoms with van der Waals surface area (Å²) in [5.41, 5.74) is 1.40. The van der Waals surface area contributed by atoms with Gasteiger partial charge in [-0.15, -0.1) is 0 Å². The molecule has 7 nitrogen and oxygen atoms in total.